The summed E-state index contributed by atoms with van der Waals surface area (Å²) in [6.07, 6.45) is 1.92. The van der Waals surface area contributed by atoms with Gasteiger partial charge in [0, 0.05) is 6.20 Å². The molecular weight excluding hydrogens is 296 g/mol. The minimum Gasteiger partial charge on any atom is -0.346 e. The summed E-state index contributed by atoms with van der Waals surface area (Å²) in [5, 5.41) is 7.35. The van der Waals surface area contributed by atoms with Gasteiger partial charge in [-0.1, -0.05) is 30.3 Å². The van der Waals surface area contributed by atoms with Crippen molar-refractivity contribution < 1.29 is 4.79 Å². The molecule has 5 nitrogen and oxygen atoms in total. The summed E-state index contributed by atoms with van der Waals surface area (Å²) < 4.78 is 1.87. The minimum absolute atomic E-state index is 0.0994. The van der Waals surface area contributed by atoms with Gasteiger partial charge in [0.15, 0.2) is 0 Å². The molecule has 112 valence electrons. The van der Waals surface area contributed by atoms with Gasteiger partial charge in [-0.15, -0.1) is 11.3 Å². The molecule has 0 aliphatic carbocycles. The summed E-state index contributed by atoms with van der Waals surface area (Å²) >= 11 is 1.35. The van der Waals surface area contributed by atoms with Gasteiger partial charge in [-0.3, -0.25) is 9.48 Å². The molecule has 0 atom stereocenters. The van der Waals surface area contributed by atoms with E-state index < -0.39 is 0 Å². The molecule has 3 aromatic rings. The molecule has 1 aromatic carbocycles. The van der Waals surface area contributed by atoms with E-state index in [0.29, 0.717) is 11.4 Å². The Morgan fingerprint density at radius 3 is 2.82 bits per heavy atom. The molecule has 2 heterocycles. The van der Waals surface area contributed by atoms with E-state index in [4.69, 9.17) is 0 Å². The van der Waals surface area contributed by atoms with Gasteiger partial charge in [-0.05, 0) is 18.6 Å². The van der Waals surface area contributed by atoms with Crippen molar-refractivity contribution in [2.75, 3.05) is 0 Å². The standard InChI is InChI=1S/C16H16N4OS/c1-12-15(22-11-18-12)16(21)17-9-14-7-8-20(19-14)10-13-5-3-2-4-6-13/h2-8,11H,9-10H2,1H3,(H,17,21). The van der Waals surface area contributed by atoms with Gasteiger partial charge in [0.1, 0.15) is 4.88 Å². The molecule has 0 bridgehead atoms. The number of aromatic nitrogens is 3. The van der Waals surface area contributed by atoms with Crippen molar-refractivity contribution in [1.82, 2.24) is 20.1 Å². The zero-order valence-corrected chi connectivity index (χ0v) is 13.0. The number of carbonyl (C=O) groups is 1. The maximum atomic E-state index is 12.0. The second-order valence-electron chi connectivity index (χ2n) is 4.94. The van der Waals surface area contributed by atoms with Crippen LogP contribution in [0, 0.1) is 6.92 Å². The van der Waals surface area contributed by atoms with Crippen LogP contribution in [0.1, 0.15) is 26.6 Å². The Labute approximate surface area is 132 Å². The van der Waals surface area contributed by atoms with Crippen molar-refractivity contribution >= 4 is 17.2 Å². The Bertz CT molecular complexity index is 763. The lowest BCUT2D eigenvalue weighted by Crippen LogP contribution is -2.23. The van der Waals surface area contributed by atoms with Crippen molar-refractivity contribution in [2.45, 2.75) is 20.0 Å². The van der Waals surface area contributed by atoms with Crippen molar-refractivity contribution in [2.24, 2.45) is 0 Å². The summed E-state index contributed by atoms with van der Waals surface area (Å²) in [6.45, 7) is 2.97. The van der Waals surface area contributed by atoms with Crippen LogP contribution in [0.25, 0.3) is 0 Å². The Kier molecular flexibility index (Phi) is 4.29. The summed E-state index contributed by atoms with van der Waals surface area (Å²) in [6, 6.07) is 12.1. The Morgan fingerprint density at radius 2 is 2.09 bits per heavy atom. The van der Waals surface area contributed by atoms with Crippen molar-refractivity contribution in [3.63, 3.8) is 0 Å². The molecule has 1 amide bonds. The fraction of sp³-hybridized carbons (Fsp3) is 0.188. The van der Waals surface area contributed by atoms with Gasteiger partial charge in [-0.25, -0.2) is 4.98 Å². The first kappa shape index (κ1) is 14.5. The van der Waals surface area contributed by atoms with E-state index in [9.17, 15) is 4.79 Å². The van der Waals surface area contributed by atoms with Crippen LogP contribution in [0.4, 0.5) is 0 Å². The molecule has 0 aliphatic rings. The van der Waals surface area contributed by atoms with Crippen molar-refractivity contribution in [1.29, 1.82) is 0 Å². The molecule has 0 unspecified atom stereocenters. The molecule has 1 N–H and O–H groups in total. The molecule has 2 aromatic heterocycles. The number of rotatable bonds is 5. The van der Waals surface area contributed by atoms with Gasteiger partial charge in [-0.2, -0.15) is 5.10 Å². The lowest BCUT2D eigenvalue weighted by atomic mass is 10.2. The van der Waals surface area contributed by atoms with Crippen LogP contribution in [-0.2, 0) is 13.1 Å². The van der Waals surface area contributed by atoms with Crippen LogP contribution in [0.2, 0.25) is 0 Å². The highest BCUT2D eigenvalue weighted by Crippen LogP contribution is 2.11. The normalized spacial score (nSPS) is 10.6. The lowest BCUT2D eigenvalue weighted by molar-refractivity contribution is 0.0953. The SMILES string of the molecule is Cc1ncsc1C(=O)NCc1ccn(Cc2ccccc2)n1. The van der Waals surface area contributed by atoms with Crippen LogP contribution < -0.4 is 5.32 Å². The van der Waals surface area contributed by atoms with E-state index in [1.54, 1.807) is 5.51 Å². The predicted octanol–water partition coefficient (Wildman–Crippen LogP) is 2.63. The fourth-order valence-electron chi connectivity index (χ4n) is 2.13. The van der Waals surface area contributed by atoms with Gasteiger partial charge in [0.25, 0.3) is 5.91 Å². The monoisotopic (exact) mass is 312 g/mol. The maximum Gasteiger partial charge on any atom is 0.263 e. The van der Waals surface area contributed by atoms with Gasteiger partial charge >= 0.3 is 0 Å². The number of aryl methyl sites for hydroxylation is 1. The second-order valence-corrected chi connectivity index (χ2v) is 5.79. The third-order valence-electron chi connectivity index (χ3n) is 3.27. The van der Waals surface area contributed by atoms with Crippen LogP contribution in [0.15, 0.2) is 48.1 Å². The molecule has 0 saturated heterocycles. The number of hydrogen-bond acceptors (Lipinski definition) is 4. The van der Waals surface area contributed by atoms with E-state index in [2.05, 4.69) is 27.5 Å². The lowest BCUT2D eigenvalue weighted by Gasteiger charge is -2.03. The van der Waals surface area contributed by atoms with Crippen LogP contribution in [0.3, 0.4) is 0 Å². The van der Waals surface area contributed by atoms with E-state index in [1.807, 2.05) is 42.1 Å². The maximum absolute atomic E-state index is 12.0. The van der Waals surface area contributed by atoms with E-state index >= 15 is 0 Å². The zero-order valence-electron chi connectivity index (χ0n) is 12.2. The van der Waals surface area contributed by atoms with Crippen LogP contribution in [-0.4, -0.2) is 20.7 Å². The van der Waals surface area contributed by atoms with E-state index in [0.717, 1.165) is 17.9 Å². The third-order valence-corrected chi connectivity index (χ3v) is 4.19. The topological polar surface area (TPSA) is 59.8 Å². The average molecular weight is 312 g/mol. The number of thiazole rings is 1. The molecule has 0 fully saturated rings. The molecule has 6 heteroatoms. The van der Waals surface area contributed by atoms with Crippen molar-refractivity contribution in [3.8, 4) is 0 Å². The molecule has 22 heavy (non-hydrogen) atoms. The van der Waals surface area contributed by atoms with E-state index in [-0.39, 0.29) is 5.91 Å². The Morgan fingerprint density at radius 1 is 1.27 bits per heavy atom. The van der Waals surface area contributed by atoms with Gasteiger partial charge in [0.2, 0.25) is 0 Å². The number of nitrogens with one attached hydrogen (secondary N) is 1. The summed E-state index contributed by atoms with van der Waals surface area (Å²) in [5.41, 5.74) is 4.48. The first-order valence-electron chi connectivity index (χ1n) is 6.97. The largest absolute Gasteiger partial charge is 0.346 e. The zero-order chi connectivity index (χ0) is 15.4. The number of benzene rings is 1. The molecule has 0 aliphatic heterocycles. The molecule has 0 saturated carbocycles. The van der Waals surface area contributed by atoms with Gasteiger partial charge in [0.05, 0.1) is 30.0 Å². The summed E-state index contributed by atoms with van der Waals surface area (Å²) in [4.78, 5) is 16.8. The highest BCUT2D eigenvalue weighted by atomic mass is 32.1. The summed E-state index contributed by atoms with van der Waals surface area (Å²) in [7, 11) is 0. The predicted molar refractivity (Wildman–Crippen MR) is 85.8 cm³/mol. The molecule has 0 radical (unpaired) electrons. The highest BCUT2D eigenvalue weighted by Gasteiger charge is 2.11. The number of nitrogens with zero attached hydrogens (tertiary/aromatic N) is 3. The third kappa shape index (κ3) is 3.40. The Hall–Kier alpha value is -2.47. The minimum atomic E-state index is -0.0994. The average Bonchev–Trinajstić information content (AvgIpc) is 3.15. The smallest absolute Gasteiger partial charge is 0.263 e. The van der Waals surface area contributed by atoms with Crippen LogP contribution >= 0.6 is 11.3 Å². The number of carbonyl (C=O) groups excluding carboxylic acids is 1. The summed E-state index contributed by atoms with van der Waals surface area (Å²) in [5.74, 6) is -0.0994. The quantitative estimate of drug-likeness (QED) is 0.788. The van der Waals surface area contributed by atoms with Gasteiger partial charge < -0.3 is 5.32 Å². The molecular formula is C16H16N4OS. The highest BCUT2D eigenvalue weighted by molar-refractivity contribution is 7.11. The van der Waals surface area contributed by atoms with Crippen LogP contribution in [0.5, 0.6) is 0 Å². The second kappa shape index (κ2) is 6.53. The number of hydrogen-bond donors (Lipinski definition) is 1. The molecule has 0 spiro atoms. The van der Waals surface area contributed by atoms with Crippen molar-refractivity contribution in [3.05, 3.63) is 69.9 Å². The fourth-order valence-corrected chi connectivity index (χ4v) is 2.85. The molecule has 3 rings (SSSR count). The Balaban J connectivity index is 1.58. The first-order valence-corrected chi connectivity index (χ1v) is 7.85. The van der Waals surface area contributed by atoms with E-state index in [1.165, 1.54) is 16.9 Å². The number of amides is 1. The first-order chi connectivity index (χ1) is 10.7.